The van der Waals surface area contributed by atoms with Gasteiger partial charge in [0.15, 0.2) is 0 Å². The molecule has 1 saturated carbocycles. The standard InChI is InChI=1S/C14H18FN/c15-13-6-2-1-5-11(13)12-9-16-10-14(12)7-3-4-8-14/h1-2,5-6,12,16H,3-4,7-10H2. The molecule has 0 radical (unpaired) electrons. The van der Waals surface area contributed by atoms with Crippen molar-refractivity contribution in [3.05, 3.63) is 35.6 Å². The second-order valence-corrected chi connectivity index (χ2v) is 5.27. The first-order chi connectivity index (χ1) is 7.82. The quantitative estimate of drug-likeness (QED) is 0.765. The Morgan fingerprint density at radius 1 is 1.19 bits per heavy atom. The topological polar surface area (TPSA) is 12.0 Å². The van der Waals surface area contributed by atoms with Gasteiger partial charge in [-0.2, -0.15) is 0 Å². The smallest absolute Gasteiger partial charge is 0.126 e. The zero-order chi connectivity index (χ0) is 11.0. The van der Waals surface area contributed by atoms with Crippen LogP contribution < -0.4 is 5.32 Å². The van der Waals surface area contributed by atoms with Gasteiger partial charge < -0.3 is 5.32 Å². The summed E-state index contributed by atoms with van der Waals surface area (Å²) in [6.45, 7) is 2.02. The van der Waals surface area contributed by atoms with E-state index in [0.717, 1.165) is 18.7 Å². The molecule has 16 heavy (non-hydrogen) atoms. The SMILES string of the molecule is Fc1ccccc1C1CNCC12CCCC2. The van der Waals surface area contributed by atoms with Crippen molar-refractivity contribution in [1.29, 1.82) is 0 Å². The van der Waals surface area contributed by atoms with E-state index in [9.17, 15) is 4.39 Å². The lowest BCUT2D eigenvalue weighted by Crippen LogP contribution is -2.25. The molecule has 1 aromatic rings. The zero-order valence-corrected chi connectivity index (χ0v) is 9.51. The third-order valence-electron chi connectivity index (χ3n) is 4.44. The molecule has 3 rings (SSSR count). The minimum atomic E-state index is -0.0255. The fourth-order valence-electron chi connectivity index (χ4n) is 3.61. The van der Waals surface area contributed by atoms with E-state index in [4.69, 9.17) is 0 Å². The monoisotopic (exact) mass is 219 g/mol. The summed E-state index contributed by atoms with van der Waals surface area (Å²) in [6, 6.07) is 7.30. The molecule has 2 fully saturated rings. The van der Waals surface area contributed by atoms with Crippen LogP contribution in [0.15, 0.2) is 24.3 Å². The summed E-state index contributed by atoms with van der Waals surface area (Å²) in [5.74, 6) is 0.360. The van der Waals surface area contributed by atoms with Gasteiger partial charge in [0.1, 0.15) is 5.82 Å². The molecular formula is C14H18FN. The summed E-state index contributed by atoms with van der Waals surface area (Å²) in [5.41, 5.74) is 1.27. The molecule has 1 heterocycles. The highest BCUT2D eigenvalue weighted by Gasteiger charge is 2.45. The lowest BCUT2D eigenvalue weighted by atomic mass is 9.73. The number of hydrogen-bond acceptors (Lipinski definition) is 1. The predicted molar refractivity (Wildman–Crippen MR) is 62.9 cm³/mol. The van der Waals surface area contributed by atoms with E-state index in [1.807, 2.05) is 12.1 Å². The Hall–Kier alpha value is -0.890. The molecule has 1 aliphatic heterocycles. The summed E-state index contributed by atoms with van der Waals surface area (Å²) in [6.07, 6.45) is 5.15. The van der Waals surface area contributed by atoms with Crippen LogP contribution in [-0.4, -0.2) is 13.1 Å². The van der Waals surface area contributed by atoms with E-state index < -0.39 is 0 Å². The van der Waals surface area contributed by atoms with Crippen LogP contribution in [0.2, 0.25) is 0 Å². The molecule has 1 spiro atoms. The van der Waals surface area contributed by atoms with Crippen molar-refractivity contribution in [3.63, 3.8) is 0 Å². The number of rotatable bonds is 1. The fraction of sp³-hybridized carbons (Fsp3) is 0.571. The zero-order valence-electron chi connectivity index (χ0n) is 9.51. The first-order valence-electron chi connectivity index (χ1n) is 6.27. The third kappa shape index (κ3) is 1.47. The fourth-order valence-corrected chi connectivity index (χ4v) is 3.61. The highest BCUT2D eigenvalue weighted by Crippen LogP contribution is 2.51. The summed E-state index contributed by atoms with van der Waals surface area (Å²) < 4.78 is 13.9. The number of hydrogen-bond donors (Lipinski definition) is 1. The average molecular weight is 219 g/mol. The molecule has 0 aromatic heterocycles. The predicted octanol–water partition coefficient (Wildman–Crippen LogP) is 3.07. The van der Waals surface area contributed by atoms with Gasteiger partial charge in [-0.25, -0.2) is 4.39 Å². The van der Waals surface area contributed by atoms with Crippen molar-refractivity contribution < 1.29 is 4.39 Å². The molecule has 1 atom stereocenters. The lowest BCUT2D eigenvalue weighted by molar-refractivity contribution is 0.290. The molecule has 1 aromatic carbocycles. The Kier molecular flexibility index (Phi) is 2.47. The van der Waals surface area contributed by atoms with Crippen LogP contribution in [0.1, 0.15) is 37.2 Å². The van der Waals surface area contributed by atoms with Crippen LogP contribution in [0.25, 0.3) is 0 Å². The third-order valence-corrected chi connectivity index (χ3v) is 4.44. The van der Waals surface area contributed by atoms with E-state index in [2.05, 4.69) is 5.32 Å². The van der Waals surface area contributed by atoms with Crippen molar-refractivity contribution in [1.82, 2.24) is 5.32 Å². The van der Waals surface area contributed by atoms with Crippen molar-refractivity contribution in [2.75, 3.05) is 13.1 Å². The Morgan fingerprint density at radius 2 is 1.94 bits per heavy atom. The number of halogens is 1. The Balaban J connectivity index is 1.97. The normalized spacial score (nSPS) is 27.7. The summed E-state index contributed by atoms with van der Waals surface area (Å²) >= 11 is 0. The maximum Gasteiger partial charge on any atom is 0.126 e. The largest absolute Gasteiger partial charge is 0.316 e. The van der Waals surface area contributed by atoms with Gasteiger partial charge in [0.25, 0.3) is 0 Å². The molecule has 1 aliphatic carbocycles. The van der Waals surface area contributed by atoms with Gasteiger partial charge in [0, 0.05) is 19.0 Å². The van der Waals surface area contributed by atoms with Gasteiger partial charge in [-0.05, 0) is 29.9 Å². The maximum atomic E-state index is 13.9. The molecule has 0 bridgehead atoms. The second-order valence-electron chi connectivity index (χ2n) is 5.27. The van der Waals surface area contributed by atoms with Gasteiger partial charge in [-0.3, -0.25) is 0 Å². The molecule has 1 saturated heterocycles. The van der Waals surface area contributed by atoms with E-state index in [1.54, 1.807) is 12.1 Å². The van der Waals surface area contributed by atoms with Gasteiger partial charge in [-0.1, -0.05) is 31.0 Å². The highest BCUT2D eigenvalue weighted by atomic mass is 19.1. The minimum absolute atomic E-state index is 0.0255. The number of nitrogens with one attached hydrogen (secondary N) is 1. The van der Waals surface area contributed by atoms with Crippen molar-refractivity contribution in [3.8, 4) is 0 Å². The summed E-state index contributed by atoms with van der Waals surface area (Å²) in [4.78, 5) is 0. The van der Waals surface area contributed by atoms with Gasteiger partial charge in [0.05, 0.1) is 0 Å². The minimum Gasteiger partial charge on any atom is -0.316 e. The molecule has 1 nitrogen and oxygen atoms in total. The van der Waals surface area contributed by atoms with Crippen LogP contribution in [0, 0.1) is 11.2 Å². The van der Waals surface area contributed by atoms with Crippen LogP contribution in [0.5, 0.6) is 0 Å². The van der Waals surface area contributed by atoms with Crippen LogP contribution in [0.4, 0.5) is 4.39 Å². The molecule has 1 N–H and O–H groups in total. The Bertz CT molecular complexity index is 377. The molecule has 2 heteroatoms. The van der Waals surface area contributed by atoms with Gasteiger partial charge in [-0.15, -0.1) is 0 Å². The molecule has 0 amide bonds. The van der Waals surface area contributed by atoms with Crippen molar-refractivity contribution >= 4 is 0 Å². The van der Waals surface area contributed by atoms with E-state index >= 15 is 0 Å². The van der Waals surface area contributed by atoms with Gasteiger partial charge in [0.2, 0.25) is 0 Å². The second kappa shape index (κ2) is 3.85. The summed E-state index contributed by atoms with van der Waals surface area (Å²) in [7, 11) is 0. The van der Waals surface area contributed by atoms with Crippen LogP contribution in [-0.2, 0) is 0 Å². The van der Waals surface area contributed by atoms with E-state index in [1.165, 1.54) is 25.7 Å². The lowest BCUT2D eigenvalue weighted by Gasteiger charge is -2.30. The molecule has 2 aliphatic rings. The van der Waals surface area contributed by atoms with E-state index in [-0.39, 0.29) is 5.82 Å². The maximum absolute atomic E-state index is 13.9. The average Bonchev–Trinajstić information content (AvgIpc) is 2.91. The Labute approximate surface area is 96.1 Å². The summed E-state index contributed by atoms with van der Waals surface area (Å²) in [5, 5.41) is 3.46. The van der Waals surface area contributed by atoms with E-state index in [0.29, 0.717) is 11.3 Å². The molecule has 1 unspecified atom stereocenters. The first kappa shape index (κ1) is 10.3. The Morgan fingerprint density at radius 3 is 2.69 bits per heavy atom. The first-order valence-corrected chi connectivity index (χ1v) is 6.27. The molecular weight excluding hydrogens is 201 g/mol. The van der Waals surface area contributed by atoms with Crippen molar-refractivity contribution in [2.45, 2.75) is 31.6 Å². The van der Waals surface area contributed by atoms with Crippen LogP contribution in [0.3, 0.4) is 0 Å². The molecule has 86 valence electrons. The van der Waals surface area contributed by atoms with Crippen molar-refractivity contribution in [2.24, 2.45) is 5.41 Å². The number of benzene rings is 1. The van der Waals surface area contributed by atoms with Gasteiger partial charge >= 0.3 is 0 Å². The highest BCUT2D eigenvalue weighted by molar-refractivity contribution is 5.27. The van der Waals surface area contributed by atoms with Crippen LogP contribution >= 0.6 is 0 Å².